The van der Waals surface area contributed by atoms with Gasteiger partial charge in [-0.25, -0.2) is 13.2 Å². The molecule has 0 atom stereocenters. The Balaban J connectivity index is 1.57. The van der Waals surface area contributed by atoms with E-state index in [-0.39, 0.29) is 4.90 Å². The van der Waals surface area contributed by atoms with Crippen LogP contribution in [0, 0.1) is 0 Å². The van der Waals surface area contributed by atoms with Crippen molar-refractivity contribution in [2.24, 2.45) is 0 Å². The molecular weight excluding hydrogens is 382 g/mol. The third-order valence-electron chi connectivity index (χ3n) is 4.67. The number of hydroxylamine groups is 1. The largest absolute Gasteiger partial charge is 0.493 e. The zero-order valence-electron chi connectivity index (χ0n) is 15.8. The molecule has 0 spiro atoms. The van der Waals surface area contributed by atoms with Gasteiger partial charge in [-0.05, 0) is 49.2 Å². The number of carbonyl (C=O) groups is 1. The molecule has 2 aromatic carbocycles. The second-order valence-electron chi connectivity index (χ2n) is 6.61. The molecule has 1 fully saturated rings. The van der Waals surface area contributed by atoms with Crippen molar-refractivity contribution in [2.45, 2.75) is 29.8 Å². The van der Waals surface area contributed by atoms with Gasteiger partial charge in [0.05, 0.1) is 24.2 Å². The van der Waals surface area contributed by atoms with E-state index in [0.29, 0.717) is 18.6 Å². The van der Waals surface area contributed by atoms with Crippen molar-refractivity contribution in [3.63, 3.8) is 0 Å². The number of sulfonamides is 1. The molecule has 28 heavy (non-hydrogen) atoms. The SMILES string of the molecule is CON(C)S(=O)(=O)c1ccc(C(=O)OC2(CCOc3ccccc3)CC2)cc1. The van der Waals surface area contributed by atoms with Gasteiger partial charge in [0.1, 0.15) is 11.4 Å². The molecule has 0 unspecified atom stereocenters. The Morgan fingerprint density at radius 1 is 1.07 bits per heavy atom. The van der Waals surface area contributed by atoms with E-state index in [1.54, 1.807) is 0 Å². The van der Waals surface area contributed by atoms with Crippen molar-refractivity contribution in [2.75, 3.05) is 20.8 Å². The van der Waals surface area contributed by atoms with Gasteiger partial charge in [0.2, 0.25) is 0 Å². The Bertz CT molecular complexity index is 907. The van der Waals surface area contributed by atoms with E-state index in [0.717, 1.165) is 23.1 Å². The van der Waals surface area contributed by atoms with Gasteiger partial charge in [0.25, 0.3) is 10.0 Å². The molecule has 1 aliphatic rings. The molecule has 0 bridgehead atoms. The van der Waals surface area contributed by atoms with E-state index in [4.69, 9.17) is 14.3 Å². The fourth-order valence-corrected chi connectivity index (χ4v) is 3.65. The van der Waals surface area contributed by atoms with Crippen LogP contribution in [0.15, 0.2) is 59.5 Å². The fraction of sp³-hybridized carbons (Fsp3) is 0.350. The van der Waals surface area contributed by atoms with Crippen LogP contribution in [0.3, 0.4) is 0 Å². The van der Waals surface area contributed by atoms with Crippen LogP contribution in [0.1, 0.15) is 29.6 Å². The first-order chi connectivity index (χ1) is 13.4. The number of esters is 1. The summed E-state index contributed by atoms with van der Waals surface area (Å²) in [5.41, 5.74) is -0.193. The van der Waals surface area contributed by atoms with Crippen LogP contribution >= 0.6 is 0 Å². The van der Waals surface area contributed by atoms with Gasteiger partial charge in [0.15, 0.2) is 0 Å². The second kappa shape index (κ2) is 8.30. The summed E-state index contributed by atoms with van der Waals surface area (Å²) in [6.45, 7) is 0.456. The summed E-state index contributed by atoms with van der Waals surface area (Å²) in [5.74, 6) is 0.309. The number of benzene rings is 2. The number of hydrogen-bond acceptors (Lipinski definition) is 6. The summed E-state index contributed by atoms with van der Waals surface area (Å²) in [6.07, 6.45) is 2.20. The molecule has 0 saturated heterocycles. The Morgan fingerprint density at radius 3 is 2.29 bits per heavy atom. The summed E-state index contributed by atoms with van der Waals surface area (Å²) in [7, 11) is -1.19. The predicted molar refractivity (Wildman–Crippen MR) is 102 cm³/mol. The van der Waals surface area contributed by atoms with Gasteiger partial charge in [-0.3, -0.25) is 4.84 Å². The van der Waals surface area contributed by atoms with Gasteiger partial charge in [-0.2, -0.15) is 0 Å². The predicted octanol–water partition coefficient (Wildman–Crippen LogP) is 3.03. The lowest BCUT2D eigenvalue weighted by Gasteiger charge is -2.17. The molecule has 2 aromatic rings. The van der Waals surface area contributed by atoms with Crippen LogP contribution in [0.2, 0.25) is 0 Å². The fourth-order valence-electron chi connectivity index (χ4n) is 2.68. The first kappa shape index (κ1) is 20.3. The van der Waals surface area contributed by atoms with E-state index in [2.05, 4.69) is 0 Å². The molecule has 0 aliphatic heterocycles. The van der Waals surface area contributed by atoms with Crippen LogP contribution in [-0.2, 0) is 19.6 Å². The van der Waals surface area contributed by atoms with Gasteiger partial charge in [-0.15, -0.1) is 0 Å². The molecule has 0 aromatic heterocycles. The lowest BCUT2D eigenvalue weighted by molar-refractivity contribution is -0.0258. The number of hydrogen-bond donors (Lipinski definition) is 0. The average Bonchev–Trinajstić information content (AvgIpc) is 3.47. The normalized spacial score (nSPS) is 15.2. The summed E-state index contributed by atoms with van der Waals surface area (Å²) in [6, 6.07) is 15.1. The van der Waals surface area contributed by atoms with E-state index < -0.39 is 21.6 Å². The maximum atomic E-state index is 12.4. The maximum absolute atomic E-state index is 12.4. The van der Waals surface area contributed by atoms with Crippen LogP contribution in [0.5, 0.6) is 5.75 Å². The molecule has 3 rings (SSSR count). The third-order valence-corrected chi connectivity index (χ3v) is 6.36. The molecule has 8 heteroatoms. The summed E-state index contributed by atoms with van der Waals surface area (Å²) >= 11 is 0. The maximum Gasteiger partial charge on any atom is 0.338 e. The van der Waals surface area contributed by atoms with Gasteiger partial charge in [-0.1, -0.05) is 22.7 Å². The second-order valence-corrected chi connectivity index (χ2v) is 8.54. The van der Waals surface area contributed by atoms with Crippen LogP contribution < -0.4 is 4.74 Å². The lowest BCUT2D eigenvalue weighted by atomic mass is 10.2. The monoisotopic (exact) mass is 405 g/mol. The molecule has 0 amide bonds. The number of para-hydroxylation sites is 1. The molecule has 0 radical (unpaired) electrons. The Hall–Kier alpha value is -2.42. The van der Waals surface area contributed by atoms with Crippen molar-refractivity contribution < 1.29 is 27.5 Å². The molecule has 150 valence electrons. The highest BCUT2D eigenvalue weighted by atomic mass is 32.2. The molecule has 1 saturated carbocycles. The minimum atomic E-state index is -3.75. The average molecular weight is 405 g/mol. The topological polar surface area (TPSA) is 82.1 Å². The lowest BCUT2D eigenvalue weighted by Crippen LogP contribution is -2.26. The van der Waals surface area contributed by atoms with E-state index >= 15 is 0 Å². The number of rotatable bonds is 9. The zero-order valence-corrected chi connectivity index (χ0v) is 16.6. The zero-order chi connectivity index (χ0) is 20.2. The third kappa shape index (κ3) is 4.70. The van der Waals surface area contributed by atoms with Gasteiger partial charge >= 0.3 is 5.97 Å². The number of ether oxygens (including phenoxy) is 2. The molecule has 0 heterocycles. The van der Waals surface area contributed by atoms with Crippen LogP contribution in [0.4, 0.5) is 0 Å². The summed E-state index contributed by atoms with van der Waals surface area (Å²) in [5, 5.41) is 0. The Kier molecular flexibility index (Phi) is 6.02. The van der Waals surface area contributed by atoms with E-state index in [1.165, 1.54) is 38.4 Å². The minimum Gasteiger partial charge on any atom is -0.493 e. The molecule has 7 nitrogen and oxygen atoms in total. The van der Waals surface area contributed by atoms with E-state index in [1.807, 2.05) is 30.3 Å². The quantitative estimate of drug-likeness (QED) is 0.471. The standard InChI is InChI=1S/C20H23NO6S/c1-21(25-2)28(23,24)18-10-8-16(9-11-18)19(22)27-20(12-13-20)14-15-26-17-6-4-3-5-7-17/h3-11H,12-15H2,1-2H3. The highest BCUT2D eigenvalue weighted by Gasteiger charge is 2.46. The minimum absolute atomic E-state index is 0.0331. The van der Waals surface area contributed by atoms with Crippen LogP contribution in [0.25, 0.3) is 0 Å². The Morgan fingerprint density at radius 2 is 1.71 bits per heavy atom. The number of carbonyl (C=O) groups excluding carboxylic acids is 1. The van der Waals surface area contributed by atoms with Gasteiger partial charge < -0.3 is 9.47 Å². The molecular formula is C20H23NO6S. The van der Waals surface area contributed by atoms with Crippen molar-refractivity contribution in [3.8, 4) is 5.75 Å². The van der Waals surface area contributed by atoms with Crippen LogP contribution in [-0.4, -0.2) is 45.2 Å². The highest BCUT2D eigenvalue weighted by Crippen LogP contribution is 2.43. The summed E-state index contributed by atoms with van der Waals surface area (Å²) in [4.78, 5) is 17.2. The number of nitrogens with zero attached hydrogens (tertiary/aromatic N) is 1. The van der Waals surface area contributed by atoms with Crippen molar-refractivity contribution in [1.29, 1.82) is 0 Å². The Labute approximate surface area is 164 Å². The first-order valence-corrected chi connectivity index (χ1v) is 10.3. The highest BCUT2D eigenvalue weighted by molar-refractivity contribution is 7.89. The van der Waals surface area contributed by atoms with E-state index in [9.17, 15) is 13.2 Å². The van der Waals surface area contributed by atoms with Crippen molar-refractivity contribution >= 4 is 16.0 Å². The molecule has 0 N–H and O–H groups in total. The smallest absolute Gasteiger partial charge is 0.338 e. The molecule has 1 aliphatic carbocycles. The van der Waals surface area contributed by atoms with Crippen molar-refractivity contribution in [3.05, 3.63) is 60.2 Å². The summed E-state index contributed by atoms with van der Waals surface area (Å²) < 4.78 is 36.5. The first-order valence-electron chi connectivity index (χ1n) is 8.91. The van der Waals surface area contributed by atoms with Gasteiger partial charge in [0, 0.05) is 13.5 Å². The van der Waals surface area contributed by atoms with Crippen molar-refractivity contribution in [1.82, 2.24) is 4.47 Å².